The molecule has 7 heteroatoms. The van der Waals surface area contributed by atoms with Gasteiger partial charge in [-0.3, -0.25) is 4.68 Å². The lowest BCUT2D eigenvalue weighted by Gasteiger charge is -2.17. The SMILES string of the molecule is COCc1nc(-c2cn(C)nc2C(C)(C)C)nc(N)c1Br. The fourth-order valence-electron chi connectivity index (χ4n) is 2.07. The van der Waals surface area contributed by atoms with Gasteiger partial charge in [0.1, 0.15) is 5.82 Å². The molecule has 0 unspecified atom stereocenters. The summed E-state index contributed by atoms with van der Waals surface area (Å²) in [5.41, 5.74) is 8.42. The van der Waals surface area contributed by atoms with E-state index in [2.05, 4.69) is 51.8 Å². The number of ether oxygens (including phenoxy) is 1. The predicted octanol–water partition coefficient (Wildman–Crippen LogP) is 2.67. The monoisotopic (exact) mass is 353 g/mol. The fraction of sp³-hybridized carbons (Fsp3) is 0.500. The van der Waals surface area contributed by atoms with Crippen LogP contribution in [0.15, 0.2) is 10.7 Å². The molecule has 0 aliphatic carbocycles. The average Bonchev–Trinajstić information content (AvgIpc) is 2.77. The first kappa shape index (κ1) is 15.9. The van der Waals surface area contributed by atoms with Crippen molar-refractivity contribution in [3.05, 3.63) is 22.1 Å². The first-order chi connectivity index (χ1) is 9.74. The van der Waals surface area contributed by atoms with E-state index >= 15 is 0 Å². The van der Waals surface area contributed by atoms with Crippen molar-refractivity contribution in [1.29, 1.82) is 0 Å². The van der Waals surface area contributed by atoms with E-state index in [0.29, 0.717) is 22.7 Å². The molecule has 0 aliphatic rings. The number of nitrogen functional groups attached to an aromatic ring is 1. The zero-order chi connectivity index (χ0) is 15.8. The molecule has 0 aromatic carbocycles. The molecule has 114 valence electrons. The standard InChI is InChI=1S/C14H20BrN5O/c1-14(2,3)11-8(6-20(4)19-11)13-17-9(7-21-5)10(15)12(16)18-13/h6H,7H2,1-5H3,(H2,16,17,18). The number of anilines is 1. The Balaban J connectivity index is 2.62. The molecule has 2 heterocycles. The Morgan fingerprint density at radius 2 is 2.00 bits per heavy atom. The molecule has 0 radical (unpaired) electrons. The lowest BCUT2D eigenvalue weighted by Crippen LogP contribution is -2.14. The van der Waals surface area contributed by atoms with Gasteiger partial charge in [-0.05, 0) is 15.9 Å². The zero-order valence-electron chi connectivity index (χ0n) is 12.9. The van der Waals surface area contributed by atoms with E-state index in [9.17, 15) is 0 Å². The lowest BCUT2D eigenvalue weighted by molar-refractivity contribution is 0.181. The Morgan fingerprint density at radius 1 is 1.33 bits per heavy atom. The Morgan fingerprint density at radius 3 is 2.57 bits per heavy atom. The molecule has 2 aromatic heterocycles. The summed E-state index contributed by atoms with van der Waals surface area (Å²) in [5.74, 6) is 0.969. The van der Waals surface area contributed by atoms with Crippen LogP contribution in [-0.2, 0) is 23.8 Å². The Labute approximate surface area is 132 Å². The van der Waals surface area contributed by atoms with Gasteiger partial charge >= 0.3 is 0 Å². The second kappa shape index (κ2) is 5.73. The molecule has 2 rings (SSSR count). The van der Waals surface area contributed by atoms with Crippen molar-refractivity contribution >= 4 is 21.7 Å². The first-order valence-corrected chi connectivity index (χ1v) is 7.38. The molecule has 2 N–H and O–H groups in total. The van der Waals surface area contributed by atoms with Crippen LogP contribution >= 0.6 is 15.9 Å². The predicted molar refractivity (Wildman–Crippen MR) is 85.8 cm³/mol. The van der Waals surface area contributed by atoms with Crippen LogP contribution in [-0.4, -0.2) is 26.9 Å². The zero-order valence-corrected chi connectivity index (χ0v) is 14.5. The van der Waals surface area contributed by atoms with E-state index < -0.39 is 0 Å². The normalized spacial score (nSPS) is 11.9. The molecule has 0 aliphatic heterocycles. The molecule has 0 spiro atoms. The largest absolute Gasteiger partial charge is 0.383 e. The Hall–Kier alpha value is -1.47. The second-order valence-electron chi connectivity index (χ2n) is 5.94. The van der Waals surface area contributed by atoms with Crippen LogP contribution in [0.5, 0.6) is 0 Å². The van der Waals surface area contributed by atoms with Crippen molar-refractivity contribution in [3.63, 3.8) is 0 Å². The van der Waals surface area contributed by atoms with Crippen LogP contribution in [0.25, 0.3) is 11.4 Å². The number of nitrogens with zero attached hydrogens (tertiary/aromatic N) is 4. The number of aryl methyl sites for hydroxylation is 1. The summed E-state index contributed by atoms with van der Waals surface area (Å²) in [6.07, 6.45) is 1.92. The van der Waals surface area contributed by atoms with Crippen molar-refractivity contribution in [3.8, 4) is 11.4 Å². The summed E-state index contributed by atoms with van der Waals surface area (Å²) in [6, 6.07) is 0. The molecule has 0 atom stereocenters. The highest BCUT2D eigenvalue weighted by atomic mass is 79.9. The molecule has 0 bridgehead atoms. The Bertz CT molecular complexity index is 660. The molecular weight excluding hydrogens is 334 g/mol. The minimum Gasteiger partial charge on any atom is -0.383 e. The highest BCUT2D eigenvalue weighted by molar-refractivity contribution is 9.10. The maximum atomic E-state index is 5.97. The average molecular weight is 354 g/mol. The highest BCUT2D eigenvalue weighted by Crippen LogP contribution is 2.32. The van der Waals surface area contributed by atoms with E-state index in [1.54, 1.807) is 11.8 Å². The minimum absolute atomic E-state index is 0.108. The van der Waals surface area contributed by atoms with Crippen molar-refractivity contribution in [2.75, 3.05) is 12.8 Å². The number of nitrogens with two attached hydrogens (primary N) is 1. The van der Waals surface area contributed by atoms with Crippen molar-refractivity contribution < 1.29 is 4.74 Å². The summed E-state index contributed by atoms with van der Waals surface area (Å²) in [7, 11) is 3.51. The van der Waals surface area contributed by atoms with Crippen LogP contribution < -0.4 is 5.73 Å². The molecule has 0 fully saturated rings. The van der Waals surface area contributed by atoms with Crippen molar-refractivity contribution in [2.45, 2.75) is 32.8 Å². The van der Waals surface area contributed by atoms with E-state index in [1.807, 2.05) is 13.2 Å². The van der Waals surface area contributed by atoms with Gasteiger partial charge in [0, 0.05) is 25.8 Å². The maximum Gasteiger partial charge on any atom is 0.165 e. The number of aromatic nitrogens is 4. The smallest absolute Gasteiger partial charge is 0.165 e. The van der Waals surface area contributed by atoms with E-state index in [4.69, 9.17) is 10.5 Å². The minimum atomic E-state index is -0.108. The molecule has 0 amide bonds. The number of halogens is 1. The number of rotatable bonds is 3. The number of hydrogen-bond donors (Lipinski definition) is 1. The van der Waals surface area contributed by atoms with E-state index in [0.717, 1.165) is 17.0 Å². The van der Waals surface area contributed by atoms with Gasteiger partial charge in [0.05, 0.1) is 28.0 Å². The van der Waals surface area contributed by atoms with E-state index in [-0.39, 0.29) is 5.41 Å². The topological polar surface area (TPSA) is 78.8 Å². The molecular formula is C14H20BrN5O. The van der Waals surface area contributed by atoms with Crippen LogP contribution in [0.1, 0.15) is 32.2 Å². The Kier molecular flexibility index (Phi) is 4.34. The van der Waals surface area contributed by atoms with Crippen LogP contribution in [0.2, 0.25) is 0 Å². The van der Waals surface area contributed by atoms with Gasteiger partial charge in [0.2, 0.25) is 0 Å². The van der Waals surface area contributed by atoms with Gasteiger partial charge in [-0.15, -0.1) is 0 Å². The molecule has 0 saturated carbocycles. The van der Waals surface area contributed by atoms with Gasteiger partial charge < -0.3 is 10.5 Å². The molecule has 0 saturated heterocycles. The highest BCUT2D eigenvalue weighted by Gasteiger charge is 2.25. The molecule has 6 nitrogen and oxygen atoms in total. The van der Waals surface area contributed by atoms with Gasteiger partial charge in [0.15, 0.2) is 5.82 Å². The fourth-order valence-corrected chi connectivity index (χ4v) is 2.36. The number of methoxy groups -OCH3 is 1. The van der Waals surface area contributed by atoms with Crippen LogP contribution in [0.3, 0.4) is 0 Å². The summed E-state index contributed by atoms with van der Waals surface area (Å²) in [6.45, 7) is 6.69. The first-order valence-electron chi connectivity index (χ1n) is 6.59. The van der Waals surface area contributed by atoms with E-state index in [1.165, 1.54) is 0 Å². The van der Waals surface area contributed by atoms with Crippen LogP contribution in [0, 0.1) is 0 Å². The van der Waals surface area contributed by atoms with Gasteiger partial charge in [-0.25, -0.2) is 9.97 Å². The summed E-state index contributed by atoms with van der Waals surface area (Å²) >= 11 is 3.40. The molecule has 21 heavy (non-hydrogen) atoms. The maximum absolute atomic E-state index is 5.97. The van der Waals surface area contributed by atoms with Crippen molar-refractivity contribution in [1.82, 2.24) is 19.7 Å². The van der Waals surface area contributed by atoms with Crippen LogP contribution in [0.4, 0.5) is 5.82 Å². The van der Waals surface area contributed by atoms with Crippen molar-refractivity contribution in [2.24, 2.45) is 7.05 Å². The number of hydrogen-bond acceptors (Lipinski definition) is 5. The second-order valence-corrected chi connectivity index (χ2v) is 6.73. The van der Waals surface area contributed by atoms with Gasteiger partial charge in [0.25, 0.3) is 0 Å². The summed E-state index contributed by atoms with van der Waals surface area (Å²) in [4.78, 5) is 8.95. The lowest BCUT2D eigenvalue weighted by atomic mass is 9.89. The summed E-state index contributed by atoms with van der Waals surface area (Å²) < 4.78 is 7.61. The molecule has 2 aromatic rings. The third-order valence-corrected chi connectivity index (χ3v) is 3.87. The quantitative estimate of drug-likeness (QED) is 0.917. The van der Waals surface area contributed by atoms with Gasteiger partial charge in [-0.2, -0.15) is 5.10 Å². The third-order valence-electron chi connectivity index (χ3n) is 3.01. The van der Waals surface area contributed by atoms with Gasteiger partial charge in [-0.1, -0.05) is 20.8 Å². The third kappa shape index (κ3) is 3.24. The summed E-state index contributed by atoms with van der Waals surface area (Å²) in [5, 5.41) is 4.54.